The smallest absolute Gasteiger partial charge is 0.227 e. The lowest BCUT2D eigenvalue weighted by Gasteiger charge is -2.20. The maximum Gasteiger partial charge on any atom is 0.227 e. The fraction of sp³-hybridized carbons (Fsp3) is 0.500. The molecular weight excluding hydrogens is 252 g/mol. The first-order valence-corrected chi connectivity index (χ1v) is 7.18. The number of nitrogens with zero attached hydrogens (tertiary/aromatic N) is 2. The predicted octanol–water partition coefficient (Wildman–Crippen LogP) is 1.56. The van der Waals surface area contributed by atoms with E-state index in [1.54, 1.807) is 11.9 Å². The van der Waals surface area contributed by atoms with Crippen LogP contribution in [0, 0.1) is 5.92 Å². The zero-order valence-electron chi connectivity index (χ0n) is 12.2. The third-order valence-electron chi connectivity index (χ3n) is 3.93. The molecule has 1 fully saturated rings. The van der Waals surface area contributed by atoms with Crippen molar-refractivity contribution in [1.82, 2.24) is 9.80 Å². The molecule has 20 heavy (non-hydrogen) atoms. The summed E-state index contributed by atoms with van der Waals surface area (Å²) in [7, 11) is 1.79. The van der Waals surface area contributed by atoms with Gasteiger partial charge in [-0.05, 0) is 18.9 Å². The standard InChI is InChI=1S/C16H22N2O2/c1-3-17(2)16(20)14-11-15(19)18(12-14)10-9-13-7-5-4-6-8-13/h4-8,14H,3,9-12H2,1-2H3. The van der Waals surface area contributed by atoms with Gasteiger partial charge in [-0.3, -0.25) is 9.59 Å². The van der Waals surface area contributed by atoms with Crippen molar-refractivity contribution in [3.05, 3.63) is 35.9 Å². The van der Waals surface area contributed by atoms with E-state index in [4.69, 9.17) is 0 Å². The summed E-state index contributed by atoms with van der Waals surface area (Å²) in [5, 5.41) is 0. The molecule has 0 radical (unpaired) electrons. The Morgan fingerprint density at radius 3 is 2.70 bits per heavy atom. The Morgan fingerprint density at radius 2 is 2.05 bits per heavy atom. The average molecular weight is 274 g/mol. The summed E-state index contributed by atoms with van der Waals surface area (Å²) in [4.78, 5) is 27.6. The van der Waals surface area contributed by atoms with Gasteiger partial charge < -0.3 is 9.80 Å². The topological polar surface area (TPSA) is 40.6 Å². The Bertz CT molecular complexity index is 473. The molecule has 1 unspecified atom stereocenters. The number of amides is 2. The highest BCUT2D eigenvalue weighted by Crippen LogP contribution is 2.20. The first kappa shape index (κ1) is 14.6. The van der Waals surface area contributed by atoms with Crippen molar-refractivity contribution in [2.24, 2.45) is 5.92 Å². The third kappa shape index (κ3) is 3.38. The van der Waals surface area contributed by atoms with Gasteiger partial charge in [0, 0.05) is 33.1 Å². The van der Waals surface area contributed by atoms with Gasteiger partial charge in [0.1, 0.15) is 0 Å². The van der Waals surface area contributed by atoms with Crippen LogP contribution in [0.15, 0.2) is 30.3 Å². The molecule has 0 bridgehead atoms. The van der Waals surface area contributed by atoms with E-state index in [0.29, 0.717) is 26.1 Å². The fourth-order valence-corrected chi connectivity index (χ4v) is 2.53. The number of likely N-dealkylation sites (tertiary alicyclic amines) is 1. The van der Waals surface area contributed by atoms with Gasteiger partial charge in [-0.15, -0.1) is 0 Å². The zero-order valence-corrected chi connectivity index (χ0v) is 12.2. The van der Waals surface area contributed by atoms with Crippen molar-refractivity contribution < 1.29 is 9.59 Å². The number of carbonyl (C=O) groups excluding carboxylic acids is 2. The van der Waals surface area contributed by atoms with Gasteiger partial charge in [0.25, 0.3) is 0 Å². The Hall–Kier alpha value is -1.84. The van der Waals surface area contributed by atoms with Crippen LogP contribution in [-0.2, 0) is 16.0 Å². The lowest BCUT2D eigenvalue weighted by Crippen LogP contribution is -2.34. The normalized spacial score (nSPS) is 18.4. The van der Waals surface area contributed by atoms with Gasteiger partial charge >= 0.3 is 0 Å². The summed E-state index contributed by atoms with van der Waals surface area (Å²) < 4.78 is 0. The van der Waals surface area contributed by atoms with E-state index in [2.05, 4.69) is 12.1 Å². The van der Waals surface area contributed by atoms with Crippen molar-refractivity contribution in [2.45, 2.75) is 19.8 Å². The maximum absolute atomic E-state index is 12.1. The van der Waals surface area contributed by atoms with E-state index >= 15 is 0 Å². The quantitative estimate of drug-likeness (QED) is 0.817. The SMILES string of the molecule is CCN(C)C(=O)C1CC(=O)N(CCc2ccccc2)C1. The lowest BCUT2D eigenvalue weighted by molar-refractivity contribution is -0.134. The Balaban J connectivity index is 1.88. The molecule has 0 aromatic heterocycles. The molecule has 4 heteroatoms. The maximum atomic E-state index is 12.1. The van der Waals surface area contributed by atoms with Crippen molar-refractivity contribution in [3.63, 3.8) is 0 Å². The molecule has 0 aliphatic carbocycles. The monoisotopic (exact) mass is 274 g/mol. The van der Waals surface area contributed by atoms with Gasteiger partial charge in [-0.25, -0.2) is 0 Å². The van der Waals surface area contributed by atoms with E-state index < -0.39 is 0 Å². The minimum Gasteiger partial charge on any atom is -0.346 e. The molecule has 0 spiro atoms. The Labute approximate surface area is 120 Å². The van der Waals surface area contributed by atoms with Crippen LogP contribution in [0.4, 0.5) is 0 Å². The summed E-state index contributed by atoms with van der Waals surface area (Å²) in [6, 6.07) is 10.1. The first-order valence-electron chi connectivity index (χ1n) is 7.18. The van der Waals surface area contributed by atoms with Crippen LogP contribution in [-0.4, -0.2) is 48.3 Å². The molecular formula is C16H22N2O2. The van der Waals surface area contributed by atoms with Crippen LogP contribution in [0.5, 0.6) is 0 Å². The van der Waals surface area contributed by atoms with E-state index in [-0.39, 0.29) is 17.7 Å². The summed E-state index contributed by atoms with van der Waals surface area (Å²) in [6.07, 6.45) is 1.20. The van der Waals surface area contributed by atoms with Crippen LogP contribution in [0.25, 0.3) is 0 Å². The molecule has 2 rings (SSSR count). The second kappa shape index (κ2) is 6.55. The summed E-state index contributed by atoms with van der Waals surface area (Å²) in [6.45, 7) is 3.90. The molecule has 2 amide bonds. The highest BCUT2D eigenvalue weighted by Gasteiger charge is 2.34. The molecule has 1 aliphatic rings. The fourth-order valence-electron chi connectivity index (χ4n) is 2.53. The van der Waals surface area contributed by atoms with E-state index in [1.807, 2.05) is 30.0 Å². The number of hydrogen-bond acceptors (Lipinski definition) is 2. The summed E-state index contributed by atoms with van der Waals surface area (Å²) >= 11 is 0. The highest BCUT2D eigenvalue weighted by molar-refractivity contribution is 5.89. The van der Waals surface area contributed by atoms with Gasteiger partial charge in [0.15, 0.2) is 0 Å². The largest absolute Gasteiger partial charge is 0.346 e. The van der Waals surface area contributed by atoms with Crippen molar-refractivity contribution in [3.8, 4) is 0 Å². The van der Waals surface area contributed by atoms with E-state index in [0.717, 1.165) is 6.42 Å². The van der Waals surface area contributed by atoms with Crippen LogP contribution in [0.1, 0.15) is 18.9 Å². The molecule has 1 heterocycles. The number of benzene rings is 1. The zero-order chi connectivity index (χ0) is 14.5. The molecule has 0 saturated carbocycles. The summed E-state index contributed by atoms with van der Waals surface area (Å²) in [5.41, 5.74) is 1.22. The van der Waals surface area contributed by atoms with Crippen LogP contribution < -0.4 is 0 Å². The second-order valence-electron chi connectivity index (χ2n) is 5.33. The second-order valence-corrected chi connectivity index (χ2v) is 5.33. The molecule has 0 N–H and O–H groups in total. The Morgan fingerprint density at radius 1 is 1.35 bits per heavy atom. The molecule has 1 saturated heterocycles. The van der Waals surface area contributed by atoms with E-state index in [1.165, 1.54) is 5.56 Å². The van der Waals surface area contributed by atoms with Crippen LogP contribution >= 0.6 is 0 Å². The molecule has 4 nitrogen and oxygen atoms in total. The lowest BCUT2D eigenvalue weighted by atomic mass is 10.1. The Kier molecular flexibility index (Phi) is 4.77. The van der Waals surface area contributed by atoms with Crippen molar-refractivity contribution >= 4 is 11.8 Å². The number of rotatable bonds is 5. The van der Waals surface area contributed by atoms with E-state index in [9.17, 15) is 9.59 Å². The first-order chi connectivity index (χ1) is 9.61. The van der Waals surface area contributed by atoms with Gasteiger partial charge in [-0.1, -0.05) is 30.3 Å². The molecule has 1 aromatic rings. The third-order valence-corrected chi connectivity index (χ3v) is 3.93. The summed E-state index contributed by atoms with van der Waals surface area (Å²) in [5.74, 6) is 0.0232. The number of hydrogen-bond donors (Lipinski definition) is 0. The van der Waals surface area contributed by atoms with Crippen LogP contribution in [0.2, 0.25) is 0 Å². The minimum absolute atomic E-state index is 0.0862. The van der Waals surface area contributed by atoms with Gasteiger partial charge in [-0.2, -0.15) is 0 Å². The average Bonchev–Trinajstić information content (AvgIpc) is 2.85. The molecule has 1 atom stereocenters. The van der Waals surface area contributed by atoms with Crippen molar-refractivity contribution in [2.75, 3.05) is 26.7 Å². The predicted molar refractivity (Wildman–Crippen MR) is 78.1 cm³/mol. The van der Waals surface area contributed by atoms with Gasteiger partial charge in [0.2, 0.25) is 11.8 Å². The van der Waals surface area contributed by atoms with Crippen molar-refractivity contribution in [1.29, 1.82) is 0 Å². The molecule has 1 aliphatic heterocycles. The minimum atomic E-state index is -0.164. The highest BCUT2D eigenvalue weighted by atomic mass is 16.2. The molecule has 1 aromatic carbocycles. The molecule has 108 valence electrons. The van der Waals surface area contributed by atoms with Gasteiger partial charge in [0.05, 0.1) is 5.92 Å². The number of carbonyl (C=O) groups is 2. The van der Waals surface area contributed by atoms with Crippen LogP contribution in [0.3, 0.4) is 0 Å².